The Bertz CT molecular complexity index is 971. The molecule has 0 aliphatic carbocycles. The van der Waals surface area contributed by atoms with Gasteiger partial charge in [0.1, 0.15) is 23.0 Å². The fourth-order valence-corrected chi connectivity index (χ4v) is 6.50. The molecule has 200 valence electrons. The molecule has 4 radical (unpaired) electrons. The van der Waals surface area contributed by atoms with E-state index in [1.54, 1.807) is 0 Å². The SMILES string of the molecule is c1ccc(OC(CC[Si]CCC[Si]CCC(Oc2ccccc2)Oc2ccccc2)Oc2ccccc2)cc1. The van der Waals surface area contributed by atoms with Crippen molar-refractivity contribution in [1.29, 1.82) is 0 Å². The third-order valence-electron chi connectivity index (χ3n) is 5.86. The van der Waals surface area contributed by atoms with Gasteiger partial charge in [-0.25, -0.2) is 0 Å². The molecule has 6 heteroatoms. The molecule has 0 saturated heterocycles. The Balaban J connectivity index is 1.13. The molecule has 0 N–H and O–H groups in total. The van der Waals surface area contributed by atoms with Crippen molar-refractivity contribution in [3.63, 3.8) is 0 Å². The first kappa shape index (κ1) is 28.5. The van der Waals surface area contributed by atoms with Crippen LogP contribution in [0.2, 0.25) is 24.2 Å². The summed E-state index contributed by atoms with van der Waals surface area (Å²) in [6.07, 6.45) is 2.44. The van der Waals surface area contributed by atoms with Crippen LogP contribution >= 0.6 is 0 Å². The first-order valence-corrected chi connectivity index (χ1v) is 16.5. The van der Waals surface area contributed by atoms with Gasteiger partial charge in [0, 0.05) is 31.9 Å². The highest BCUT2D eigenvalue weighted by Gasteiger charge is 2.14. The van der Waals surface area contributed by atoms with Gasteiger partial charge < -0.3 is 18.9 Å². The maximum absolute atomic E-state index is 6.15. The van der Waals surface area contributed by atoms with E-state index in [9.17, 15) is 0 Å². The molecular formula is C33H36O4Si2. The summed E-state index contributed by atoms with van der Waals surface area (Å²) >= 11 is 0. The summed E-state index contributed by atoms with van der Waals surface area (Å²) in [4.78, 5) is 0. The second-order valence-corrected chi connectivity index (χ2v) is 12.0. The van der Waals surface area contributed by atoms with Crippen LogP contribution in [0.15, 0.2) is 121 Å². The molecule has 0 bridgehead atoms. The summed E-state index contributed by atoms with van der Waals surface area (Å²) in [5.41, 5.74) is 0. The van der Waals surface area contributed by atoms with E-state index in [2.05, 4.69) is 0 Å². The molecule has 0 aromatic heterocycles. The first-order chi connectivity index (χ1) is 19.3. The van der Waals surface area contributed by atoms with E-state index in [1.807, 2.05) is 121 Å². The van der Waals surface area contributed by atoms with Crippen LogP contribution in [0.3, 0.4) is 0 Å². The quantitative estimate of drug-likeness (QED) is 0.0708. The highest BCUT2D eigenvalue weighted by Crippen LogP contribution is 2.20. The zero-order chi connectivity index (χ0) is 26.8. The second kappa shape index (κ2) is 17.2. The lowest BCUT2D eigenvalue weighted by Crippen LogP contribution is -2.24. The molecular weight excluding hydrogens is 517 g/mol. The van der Waals surface area contributed by atoms with Crippen molar-refractivity contribution >= 4 is 19.0 Å². The standard InChI is InChI=1S/C33H36O4Si2/c1-5-14-28(15-6-1)34-32(35-29-16-7-2-8-17-29)22-26-38-24-13-25-39-27-23-33(36-30-18-9-3-10-19-30)37-31-20-11-4-12-21-31/h1-12,14-21,32-33H,13,22-27H2. The molecule has 0 heterocycles. The van der Waals surface area contributed by atoms with Gasteiger partial charge in [-0.3, -0.25) is 0 Å². The molecule has 0 amide bonds. The lowest BCUT2D eigenvalue weighted by atomic mass is 10.3. The number of para-hydroxylation sites is 4. The summed E-state index contributed by atoms with van der Waals surface area (Å²) in [5.74, 6) is 3.37. The lowest BCUT2D eigenvalue weighted by molar-refractivity contribution is 0.00302. The van der Waals surface area contributed by atoms with E-state index >= 15 is 0 Å². The van der Waals surface area contributed by atoms with Gasteiger partial charge in [-0.1, -0.05) is 103 Å². The van der Waals surface area contributed by atoms with Crippen molar-refractivity contribution in [2.24, 2.45) is 0 Å². The molecule has 4 aromatic rings. The van der Waals surface area contributed by atoms with Gasteiger partial charge in [0.15, 0.2) is 0 Å². The van der Waals surface area contributed by atoms with E-state index in [0.717, 1.165) is 67.0 Å². The molecule has 0 saturated carbocycles. The van der Waals surface area contributed by atoms with Gasteiger partial charge in [-0.2, -0.15) is 0 Å². The van der Waals surface area contributed by atoms with Crippen molar-refractivity contribution in [3.05, 3.63) is 121 Å². The topological polar surface area (TPSA) is 36.9 Å². The number of benzene rings is 4. The minimum Gasteiger partial charge on any atom is -0.455 e. The summed E-state index contributed by atoms with van der Waals surface area (Å²) < 4.78 is 24.6. The maximum atomic E-state index is 6.15. The van der Waals surface area contributed by atoms with Crippen LogP contribution in [-0.2, 0) is 0 Å². The number of hydrogen-bond donors (Lipinski definition) is 0. The fourth-order valence-electron chi connectivity index (χ4n) is 3.92. The van der Waals surface area contributed by atoms with Crippen molar-refractivity contribution in [3.8, 4) is 23.0 Å². The molecule has 4 rings (SSSR count). The first-order valence-electron chi connectivity index (χ1n) is 13.6. The third-order valence-corrected chi connectivity index (χ3v) is 8.56. The zero-order valence-electron chi connectivity index (χ0n) is 22.3. The van der Waals surface area contributed by atoms with Crippen LogP contribution in [-0.4, -0.2) is 31.6 Å². The largest absolute Gasteiger partial charge is 0.455 e. The Morgan fingerprint density at radius 1 is 0.385 bits per heavy atom. The Morgan fingerprint density at radius 3 is 0.949 bits per heavy atom. The summed E-state index contributed by atoms with van der Waals surface area (Å²) in [6, 6.07) is 44.4. The van der Waals surface area contributed by atoms with E-state index in [1.165, 1.54) is 18.5 Å². The molecule has 0 aliphatic heterocycles. The van der Waals surface area contributed by atoms with Crippen LogP contribution in [0.4, 0.5) is 0 Å². The van der Waals surface area contributed by atoms with Gasteiger partial charge in [-0.05, 0) is 48.5 Å². The predicted molar refractivity (Wildman–Crippen MR) is 160 cm³/mol. The Morgan fingerprint density at radius 2 is 0.667 bits per heavy atom. The zero-order valence-corrected chi connectivity index (χ0v) is 24.3. The minimum atomic E-state index is -0.282. The number of ether oxygens (including phenoxy) is 4. The average Bonchev–Trinajstić information content (AvgIpc) is 2.98. The molecule has 39 heavy (non-hydrogen) atoms. The maximum Gasteiger partial charge on any atom is 0.240 e. The van der Waals surface area contributed by atoms with Crippen molar-refractivity contribution < 1.29 is 18.9 Å². The molecule has 4 nitrogen and oxygen atoms in total. The summed E-state index contributed by atoms with van der Waals surface area (Å²) in [5, 5.41) is 0. The van der Waals surface area contributed by atoms with Gasteiger partial charge in [0.05, 0.1) is 0 Å². The third kappa shape index (κ3) is 11.4. The summed E-state index contributed by atoms with van der Waals surface area (Å²) in [6.45, 7) is 0. The minimum absolute atomic E-state index is 0.282. The van der Waals surface area contributed by atoms with Crippen LogP contribution in [0.5, 0.6) is 23.0 Å². The molecule has 4 aromatic carbocycles. The molecule has 0 aliphatic rings. The summed E-state index contributed by atoms with van der Waals surface area (Å²) in [7, 11) is 1.82. The number of hydrogen-bond acceptors (Lipinski definition) is 4. The predicted octanol–water partition coefficient (Wildman–Crippen LogP) is 8.21. The van der Waals surface area contributed by atoms with E-state index in [0.29, 0.717) is 0 Å². The van der Waals surface area contributed by atoms with Crippen molar-refractivity contribution in [2.75, 3.05) is 0 Å². The Hall–Kier alpha value is -3.49. The highest BCUT2D eigenvalue weighted by atomic mass is 28.2. The molecule has 0 spiro atoms. The van der Waals surface area contributed by atoms with Crippen LogP contribution in [0.1, 0.15) is 19.3 Å². The van der Waals surface area contributed by atoms with E-state index in [4.69, 9.17) is 18.9 Å². The van der Waals surface area contributed by atoms with Gasteiger partial charge in [-0.15, -0.1) is 0 Å². The monoisotopic (exact) mass is 552 g/mol. The molecule has 0 atom stereocenters. The Kier molecular flexibility index (Phi) is 12.6. The van der Waals surface area contributed by atoms with Crippen LogP contribution < -0.4 is 18.9 Å². The second-order valence-electron chi connectivity index (χ2n) is 9.01. The van der Waals surface area contributed by atoms with Gasteiger partial charge >= 0.3 is 0 Å². The van der Waals surface area contributed by atoms with E-state index in [-0.39, 0.29) is 12.6 Å². The molecule has 0 fully saturated rings. The molecule has 0 unspecified atom stereocenters. The van der Waals surface area contributed by atoms with Crippen molar-refractivity contribution in [1.82, 2.24) is 0 Å². The number of rotatable bonds is 18. The van der Waals surface area contributed by atoms with Crippen LogP contribution in [0, 0.1) is 0 Å². The average molecular weight is 553 g/mol. The van der Waals surface area contributed by atoms with Gasteiger partial charge in [0.2, 0.25) is 12.6 Å². The fraction of sp³-hybridized carbons (Fsp3) is 0.273. The van der Waals surface area contributed by atoms with Crippen molar-refractivity contribution in [2.45, 2.75) is 56.0 Å². The van der Waals surface area contributed by atoms with Gasteiger partial charge in [0.25, 0.3) is 0 Å². The Labute approximate surface area is 237 Å². The van der Waals surface area contributed by atoms with Crippen LogP contribution in [0.25, 0.3) is 0 Å². The normalized spacial score (nSPS) is 10.9. The van der Waals surface area contributed by atoms with E-state index < -0.39 is 0 Å². The smallest absolute Gasteiger partial charge is 0.240 e. The highest BCUT2D eigenvalue weighted by molar-refractivity contribution is 6.37. The lowest BCUT2D eigenvalue weighted by Gasteiger charge is -2.21.